The molecule has 0 bridgehead atoms. The van der Waals surface area contributed by atoms with Crippen LogP contribution < -0.4 is 0 Å². The third kappa shape index (κ3) is 2.16. The van der Waals surface area contributed by atoms with E-state index < -0.39 is 0 Å². The molecule has 1 aromatic heterocycles. The van der Waals surface area contributed by atoms with Crippen molar-refractivity contribution in [2.75, 3.05) is 13.1 Å². The summed E-state index contributed by atoms with van der Waals surface area (Å²) in [7, 11) is 0. The number of likely N-dealkylation sites (tertiary alicyclic amines) is 1. The number of aromatic amines is 1. The topological polar surface area (TPSA) is 31.9 Å². The molecular formula is C17H21N3. The average molecular weight is 267 g/mol. The second-order valence-electron chi connectivity index (χ2n) is 6.14. The van der Waals surface area contributed by atoms with E-state index in [0.717, 1.165) is 6.54 Å². The molecule has 1 N–H and O–H groups in total. The first-order valence-electron chi connectivity index (χ1n) is 7.70. The van der Waals surface area contributed by atoms with Crippen LogP contribution >= 0.6 is 0 Å². The molecular weight excluding hydrogens is 246 g/mol. The Morgan fingerprint density at radius 3 is 2.65 bits per heavy atom. The Hall–Kier alpha value is -1.61. The van der Waals surface area contributed by atoms with Gasteiger partial charge in [-0.05, 0) is 43.4 Å². The second-order valence-corrected chi connectivity index (χ2v) is 6.14. The van der Waals surface area contributed by atoms with E-state index in [1.807, 2.05) is 12.4 Å². The fraction of sp³-hybridized carbons (Fsp3) is 0.471. The lowest BCUT2D eigenvalue weighted by Crippen LogP contribution is -2.42. The predicted molar refractivity (Wildman–Crippen MR) is 79.8 cm³/mol. The fourth-order valence-electron chi connectivity index (χ4n) is 3.86. The van der Waals surface area contributed by atoms with E-state index in [4.69, 9.17) is 0 Å². The number of hydrogen-bond donors (Lipinski definition) is 1. The van der Waals surface area contributed by atoms with Crippen molar-refractivity contribution < 1.29 is 0 Å². The van der Waals surface area contributed by atoms with Gasteiger partial charge in [0.1, 0.15) is 5.82 Å². The number of benzene rings is 1. The highest BCUT2D eigenvalue weighted by Gasteiger charge is 2.31. The number of imidazole rings is 1. The minimum Gasteiger partial charge on any atom is -0.348 e. The third-order valence-corrected chi connectivity index (χ3v) is 4.90. The Bertz CT molecular complexity index is 551. The van der Waals surface area contributed by atoms with Crippen LogP contribution in [-0.2, 0) is 12.8 Å². The first-order valence-corrected chi connectivity index (χ1v) is 7.70. The van der Waals surface area contributed by atoms with Crippen molar-refractivity contribution in [1.29, 1.82) is 0 Å². The molecule has 1 saturated heterocycles. The number of aromatic nitrogens is 2. The van der Waals surface area contributed by atoms with Crippen molar-refractivity contribution in [2.24, 2.45) is 0 Å². The van der Waals surface area contributed by atoms with Gasteiger partial charge in [0.2, 0.25) is 0 Å². The van der Waals surface area contributed by atoms with Gasteiger partial charge in [-0.3, -0.25) is 4.90 Å². The molecule has 4 rings (SSSR count). The highest BCUT2D eigenvalue weighted by atomic mass is 15.2. The number of nitrogens with one attached hydrogen (secondary N) is 1. The minimum absolute atomic E-state index is 0.586. The van der Waals surface area contributed by atoms with Gasteiger partial charge < -0.3 is 4.98 Å². The Kier molecular flexibility index (Phi) is 3.07. The molecule has 2 aliphatic rings. The Labute approximate surface area is 120 Å². The first-order chi connectivity index (χ1) is 9.90. The number of H-pyrrole nitrogens is 1. The molecule has 0 radical (unpaired) electrons. The molecule has 1 aliphatic carbocycles. The van der Waals surface area contributed by atoms with Gasteiger partial charge in [-0.25, -0.2) is 4.98 Å². The maximum absolute atomic E-state index is 4.46. The van der Waals surface area contributed by atoms with Gasteiger partial charge >= 0.3 is 0 Å². The maximum atomic E-state index is 4.46. The van der Waals surface area contributed by atoms with Crippen LogP contribution in [0.4, 0.5) is 0 Å². The van der Waals surface area contributed by atoms with Gasteiger partial charge in [0.05, 0.1) is 0 Å². The number of rotatable bonds is 2. The molecule has 1 aliphatic heterocycles. The highest BCUT2D eigenvalue weighted by molar-refractivity contribution is 5.33. The largest absolute Gasteiger partial charge is 0.348 e. The van der Waals surface area contributed by atoms with Gasteiger partial charge in [0.25, 0.3) is 0 Å². The van der Waals surface area contributed by atoms with E-state index in [1.54, 1.807) is 11.1 Å². The molecule has 2 heterocycles. The number of hydrogen-bond acceptors (Lipinski definition) is 2. The van der Waals surface area contributed by atoms with Crippen LogP contribution in [-0.4, -0.2) is 34.0 Å². The van der Waals surface area contributed by atoms with Crippen molar-refractivity contribution in [3.05, 3.63) is 53.6 Å². The Morgan fingerprint density at radius 1 is 1.15 bits per heavy atom. The summed E-state index contributed by atoms with van der Waals surface area (Å²) in [6, 6.07) is 9.63. The molecule has 0 amide bonds. The average Bonchev–Trinajstić information content (AvgIpc) is 3.16. The van der Waals surface area contributed by atoms with E-state index in [1.165, 1.54) is 38.1 Å². The minimum atomic E-state index is 0.586. The molecule has 2 aromatic rings. The standard InChI is InChI=1S/C17H21N3/c1-2-5-14-11-16(10-13(14)4-1)20-9-3-6-15(12-20)17-18-7-8-19-17/h1-2,4-5,7-8,15-16H,3,6,9-12H2,(H,18,19)/t15-/m1/s1. The molecule has 0 spiro atoms. The summed E-state index contributed by atoms with van der Waals surface area (Å²) >= 11 is 0. The maximum Gasteiger partial charge on any atom is 0.110 e. The van der Waals surface area contributed by atoms with Crippen molar-refractivity contribution in [1.82, 2.24) is 14.9 Å². The third-order valence-electron chi connectivity index (χ3n) is 4.90. The summed E-state index contributed by atoms with van der Waals surface area (Å²) in [6.45, 7) is 2.40. The van der Waals surface area contributed by atoms with Crippen LogP contribution in [0.25, 0.3) is 0 Å². The van der Waals surface area contributed by atoms with Crippen LogP contribution in [0, 0.1) is 0 Å². The Balaban J connectivity index is 1.47. The van der Waals surface area contributed by atoms with E-state index in [-0.39, 0.29) is 0 Å². The number of fused-ring (bicyclic) bond motifs is 1. The van der Waals surface area contributed by atoms with Crippen LogP contribution in [0.5, 0.6) is 0 Å². The lowest BCUT2D eigenvalue weighted by atomic mass is 9.95. The van der Waals surface area contributed by atoms with Crippen LogP contribution in [0.15, 0.2) is 36.7 Å². The SMILES string of the molecule is c1ccc2c(c1)CC(N1CCC[C@@H](c3ncc[nH]3)C1)C2. The summed E-state index contributed by atoms with van der Waals surface area (Å²) in [5.41, 5.74) is 3.11. The number of piperidine rings is 1. The zero-order valence-electron chi connectivity index (χ0n) is 11.8. The smallest absolute Gasteiger partial charge is 0.110 e. The van der Waals surface area contributed by atoms with Gasteiger partial charge in [-0.2, -0.15) is 0 Å². The van der Waals surface area contributed by atoms with Gasteiger partial charge in [0.15, 0.2) is 0 Å². The molecule has 1 aromatic carbocycles. The zero-order valence-corrected chi connectivity index (χ0v) is 11.8. The zero-order chi connectivity index (χ0) is 13.4. The lowest BCUT2D eigenvalue weighted by Gasteiger charge is -2.36. The summed E-state index contributed by atoms with van der Waals surface area (Å²) in [5.74, 6) is 1.76. The van der Waals surface area contributed by atoms with E-state index in [0.29, 0.717) is 12.0 Å². The van der Waals surface area contributed by atoms with Crippen LogP contribution in [0.1, 0.15) is 35.7 Å². The summed E-state index contributed by atoms with van der Waals surface area (Å²) in [6.07, 6.45) is 8.82. The summed E-state index contributed by atoms with van der Waals surface area (Å²) in [4.78, 5) is 10.4. The van der Waals surface area contributed by atoms with Crippen molar-refractivity contribution >= 4 is 0 Å². The van der Waals surface area contributed by atoms with Crippen LogP contribution in [0.2, 0.25) is 0 Å². The van der Waals surface area contributed by atoms with Crippen molar-refractivity contribution in [3.8, 4) is 0 Å². The quantitative estimate of drug-likeness (QED) is 0.907. The molecule has 104 valence electrons. The van der Waals surface area contributed by atoms with E-state index in [9.17, 15) is 0 Å². The second kappa shape index (κ2) is 5.06. The monoisotopic (exact) mass is 267 g/mol. The highest BCUT2D eigenvalue weighted by Crippen LogP contribution is 2.31. The molecule has 0 saturated carbocycles. The fourth-order valence-corrected chi connectivity index (χ4v) is 3.86. The molecule has 3 nitrogen and oxygen atoms in total. The van der Waals surface area contributed by atoms with Crippen LogP contribution in [0.3, 0.4) is 0 Å². The molecule has 1 fully saturated rings. The number of nitrogens with zero attached hydrogens (tertiary/aromatic N) is 2. The molecule has 1 atom stereocenters. The lowest BCUT2D eigenvalue weighted by molar-refractivity contribution is 0.150. The Morgan fingerprint density at radius 2 is 1.95 bits per heavy atom. The van der Waals surface area contributed by atoms with Gasteiger partial charge in [-0.1, -0.05) is 24.3 Å². The summed E-state index contributed by atoms with van der Waals surface area (Å²) in [5, 5.41) is 0. The first kappa shape index (κ1) is 12.2. The van der Waals surface area contributed by atoms with E-state index >= 15 is 0 Å². The molecule has 0 unspecified atom stereocenters. The normalized spacial score (nSPS) is 23.9. The van der Waals surface area contributed by atoms with E-state index in [2.05, 4.69) is 39.1 Å². The van der Waals surface area contributed by atoms with Crippen molar-refractivity contribution in [3.63, 3.8) is 0 Å². The molecule has 20 heavy (non-hydrogen) atoms. The molecule has 3 heteroatoms. The summed E-state index contributed by atoms with van der Waals surface area (Å²) < 4.78 is 0. The van der Waals surface area contributed by atoms with Gasteiger partial charge in [-0.15, -0.1) is 0 Å². The van der Waals surface area contributed by atoms with Crippen molar-refractivity contribution in [2.45, 2.75) is 37.6 Å². The van der Waals surface area contributed by atoms with Gasteiger partial charge in [0, 0.05) is 30.9 Å². The predicted octanol–water partition coefficient (Wildman–Crippen LogP) is 2.76.